The standard InChI is InChI=1S/C17H22O3/c1-20-12-16(10-11-16)13-4-6-14(7-5-13)17(15(18)19)8-2-3-9-17/h4-7H,2-3,8-12H2,1H3,(H,18,19). The molecule has 0 atom stereocenters. The van der Waals surface area contributed by atoms with Crippen molar-refractivity contribution in [1.29, 1.82) is 0 Å². The third-order valence-electron chi connectivity index (χ3n) is 5.19. The Morgan fingerprint density at radius 2 is 1.65 bits per heavy atom. The number of hydrogen-bond acceptors (Lipinski definition) is 2. The Balaban J connectivity index is 1.88. The summed E-state index contributed by atoms with van der Waals surface area (Å²) in [7, 11) is 1.74. The Morgan fingerprint density at radius 1 is 1.10 bits per heavy atom. The molecule has 2 saturated carbocycles. The number of carboxylic acids is 1. The van der Waals surface area contributed by atoms with Crippen molar-refractivity contribution in [2.75, 3.05) is 13.7 Å². The summed E-state index contributed by atoms with van der Waals surface area (Å²) in [6, 6.07) is 8.30. The van der Waals surface area contributed by atoms with Crippen LogP contribution >= 0.6 is 0 Å². The van der Waals surface area contributed by atoms with E-state index in [0.717, 1.165) is 37.9 Å². The van der Waals surface area contributed by atoms with Crippen LogP contribution in [-0.2, 0) is 20.4 Å². The minimum absolute atomic E-state index is 0.194. The molecule has 1 N–H and O–H groups in total. The van der Waals surface area contributed by atoms with Gasteiger partial charge < -0.3 is 9.84 Å². The van der Waals surface area contributed by atoms with Crippen LogP contribution in [0.4, 0.5) is 0 Å². The molecule has 2 fully saturated rings. The predicted octanol–water partition coefficient (Wildman–Crippen LogP) is 3.26. The molecule has 3 heteroatoms. The second kappa shape index (κ2) is 4.88. The van der Waals surface area contributed by atoms with Gasteiger partial charge in [-0.3, -0.25) is 4.79 Å². The highest BCUT2D eigenvalue weighted by Gasteiger charge is 2.46. The molecule has 1 aromatic rings. The molecule has 0 bridgehead atoms. The van der Waals surface area contributed by atoms with Crippen molar-refractivity contribution in [3.8, 4) is 0 Å². The Morgan fingerprint density at radius 3 is 2.10 bits per heavy atom. The number of hydrogen-bond donors (Lipinski definition) is 1. The molecule has 0 aliphatic heterocycles. The van der Waals surface area contributed by atoms with E-state index in [0.29, 0.717) is 0 Å². The zero-order valence-corrected chi connectivity index (χ0v) is 12.0. The van der Waals surface area contributed by atoms with Crippen LogP contribution in [0.15, 0.2) is 24.3 Å². The molecule has 1 aromatic carbocycles. The molecule has 3 nitrogen and oxygen atoms in total. The summed E-state index contributed by atoms with van der Waals surface area (Å²) in [5.74, 6) is -0.666. The number of benzene rings is 1. The average molecular weight is 274 g/mol. The van der Waals surface area contributed by atoms with E-state index in [1.165, 1.54) is 18.4 Å². The number of ether oxygens (including phenoxy) is 1. The van der Waals surface area contributed by atoms with E-state index in [9.17, 15) is 9.90 Å². The summed E-state index contributed by atoms with van der Waals surface area (Å²) in [4.78, 5) is 11.7. The van der Waals surface area contributed by atoms with Crippen LogP contribution in [0.1, 0.15) is 49.7 Å². The first-order valence-corrected chi connectivity index (χ1v) is 7.46. The maximum atomic E-state index is 11.7. The molecule has 2 aliphatic carbocycles. The maximum Gasteiger partial charge on any atom is 0.314 e. The van der Waals surface area contributed by atoms with Crippen molar-refractivity contribution < 1.29 is 14.6 Å². The lowest BCUT2D eigenvalue weighted by Gasteiger charge is -2.25. The first-order valence-electron chi connectivity index (χ1n) is 7.46. The summed E-state index contributed by atoms with van der Waals surface area (Å²) < 4.78 is 5.32. The van der Waals surface area contributed by atoms with Gasteiger partial charge in [0.1, 0.15) is 0 Å². The Hall–Kier alpha value is -1.35. The highest BCUT2D eigenvalue weighted by molar-refractivity contribution is 5.81. The van der Waals surface area contributed by atoms with E-state index in [1.807, 2.05) is 12.1 Å². The van der Waals surface area contributed by atoms with Crippen molar-refractivity contribution in [3.63, 3.8) is 0 Å². The largest absolute Gasteiger partial charge is 0.481 e. The van der Waals surface area contributed by atoms with Crippen LogP contribution in [0.25, 0.3) is 0 Å². The molecule has 2 aliphatic rings. The van der Waals surface area contributed by atoms with Gasteiger partial charge in [-0.2, -0.15) is 0 Å². The molecule has 20 heavy (non-hydrogen) atoms. The van der Waals surface area contributed by atoms with Crippen molar-refractivity contribution in [2.24, 2.45) is 0 Å². The van der Waals surface area contributed by atoms with E-state index < -0.39 is 11.4 Å². The van der Waals surface area contributed by atoms with E-state index >= 15 is 0 Å². The Labute approximate surface area is 120 Å². The molecule has 0 amide bonds. The lowest BCUT2D eigenvalue weighted by molar-refractivity contribution is -0.143. The van der Waals surface area contributed by atoms with Gasteiger partial charge in [0.05, 0.1) is 12.0 Å². The van der Waals surface area contributed by atoms with E-state index in [2.05, 4.69) is 12.1 Å². The fourth-order valence-corrected chi connectivity index (χ4v) is 3.69. The van der Waals surface area contributed by atoms with Crippen LogP contribution in [-0.4, -0.2) is 24.8 Å². The fraction of sp³-hybridized carbons (Fsp3) is 0.588. The van der Waals surface area contributed by atoms with Crippen molar-refractivity contribution in [3.05, 3.63) is 35.4 Å². The molecule has 0 aromatic heterocycles. The fourth-order valence-electron chi connectivity index (χ4n) is 3.69. The minimum atomic E-state index is -0.666. The number of carbonyl (C=O) groups is 1. The zero-order valence-electron chi connectivity index (χ0n) is 12.0. The lowest BCUT2D eigenvalue weighted by atomic mass is 9.78. The van der Waals surface area contributed by atoms with Crippen LogP contribution < -0.4 is 0 Å². The topological polar surface area (TPSA) is 46.5 Å². The normalized spacial score (nSPS) is 22.6. The highest BCUT2D eigenvalue weighted by Crippen LogP contribution is 2.49. The van der Waals surface area contributed by atoms with Crippen molar-refractivity contribution >= 4 is 5.97 Å². The van der Waals surface area contributed by atoms with Gasteiger partial charge in [0.2, 0.25) is 0 Å². The number of methoxy groups -OCH3 is 1. The van der Waals surface area contributed by atoms with Crippen LogP contribution in [0.3, 0.4) is 0 Å². The van der Waals surface area contributed by atoms with Gasteiger partial charge in [-0.05, 0) is 36.8 Å². The quantitative estimate of drug-likeness (QED) is 0.896. The molecule has 0 radical (unpaired) electrons. The molecule has 0 unspecified atom stereocenters. The summed E-state index contributed by atoms with van der Waals surface area (Å²) in [5, 5.41) is 9.62. The lowest BCUT2D eigenvalue weighted by Crippen LogP contribution is -2.32. The first kappa shape index (κ1) is 13.6. The minimum Gasteiger partial charge on any atom is -0.481 e. The number of aliphatic carboxylic acids is 1. The number of carboxylic acid groups (broad SMARTS) is 1. The van der Waals surface area contributed by atoms with Gasteiger partial charge in [-0.25, -0.2) is 0 Å². The van der Waals surface area contributed by atoms with E-state index in [1.54, 1.807) is 7.11 Å². The van der Waals surface area contributed by atoms with Gasteiger partial charge in [0.25, 0.3) is 0 Å². The zero-order chi connectivity index (χ0) is 14.2. The first-order chi connectivity index (χ1) is 9.63. The molecular weight excluding hydrogens is 252 g/mol. The summed E-state index contributed by atoms with van der Waals surface area (Å²) in [6.07, 6.45) is 5.91. The Kier molecular flexibility index (Phi) is 3.33. The molecule has 108 valence electrons. The SMILES string of the molecule is COCC1(c2ccc(C3(C(=O)O)CCCC3)cc2)CC1. The second-order valence-corrected chi connectivity index (χ2v) is 6.39. The van der Waals surface area contributed by atoms with E-state index in [-0.39, 0.29) is 5.41 Å². The summed E-state index contributed by atoms with van der Waals surface area (Å²) >= 11 is 0. The molecule has 0 spiro atoms. The van der Waals surface area contributed by atoms with Gasteiger partial charge in [0, 0.05) is 12.5 Å². The van der Waals surface area contributed by atoms with Crippen LogP contribution in [0.2, 0.25) is 0 Å². The number of rotatable bonds is 5. The molecular formula is C17H22O3. The summed E-state index contributed by atoms with van der Waals surface area (Å²) in [6.45, 7) is 0.760. The van der Waals surface area contributed by atoms with E-state index in [4.69, 9.17) is 4.74 Å². The molecule has 3 rings (SSSR count). The van der Waals surface area contributed by atoms with Gasteiger partial charge in [-0.1, -0.05) is 37.1 Å². The smallest absolute Gasteiger partial charge is 0.314 e. The predicted molar refractivity (Wildman–Crippen MR) is 77.0 cm³/mol. The Bertz CT molecular complexity index is 493. The van der Waals surface area contributed by atoms with Gasteiger partial charge in [-0.15, -0.1) is 0 Å². The van der Waals surface area contributed by atoms with Gasteiger partial charge in [0.15, 0.2) is 0 Å². The molecule has 0 saturated heterocycles. The van der Waals surface area contributed by atoms with Crippen molar-refractivity contribution in [2.45, 2.75) is 49.4 Å². The molecule has 0 heterocycles. The monoisotopic (exact) mass is 274 g/mol. The average Bonchev–Trinajstić information content (AvgIpc) is 3.05. The highest BCUT2D eigenvalue weighted by atomic mass is 16.5. The van der Waals surface area contributed by atoms with Gasteiger partial charge >= 0.3 is 5.97 Å². The van der Waals surface area contributed by atoms with Crippen LogP contribution in [0, 0.1) is 0 Å². The second-order valence-electron chi connectivity index (χ2n) is 6.39. The third kappa shape index (κ3) is 2.05. The summed E-state index contributed by atoms with van der Waals surface area (Å²) in [5.41, 5.74) is 1.82. The third-order valence-corrected chi connectivity index (χ3v) is 5.19. The maximum absolute atomic E-state index is 11.7. The van der Waals surface area contributed by atoms with Crippen LogP contribution in [0.5, 0.6) is 0 Å². The van der Waals surface area contributed by atoms with Crippen molar-refractivity contribution in [1.82, 2.24) is 0 Å².